The van der Waals surface area contributed by atoms with E-state index in [1.54, 1.807) is 24.4 Å². The molecule has 0 saturated heterocycles. The lowest BCUT2D eigenvalue weighted by molar-refractivity contribution is 0.0926. The Labute approximate surface area is 147 Å². The van der Waals surface area contributed by atoms with Gasteiger partial charge in [-0.05, 0) is 44.4 Å². The number of hydrogen-bond donors (Lipinski definition) is 3. The molecule has 0 bridgehead atoms. The second-order valence-electron chi connectivity index (χ2n) is 6.66. The molecule has 0 radical (unpaired) electrons. The largest absolute Gasteiger partial charge is 0.349 e. The number of benzene rings is 1. The fourth-order valence-corrected chi connectivity index (χ4v) is 3.24. The minimum absolute atomic E-state index is 0.0747. The molecule has 1 aromatic heterocycles. The van der Waals surface area contributed by atoms with Gasteiger partial charge in [-0.25, -0.2) is 4.98 Å². The van der Waals surface area contributed by atoms with Gasteiger partial charge in [0.2, 0.25) is 0 Å². The number of hydrogen-bond acceptors (Lipinski definition) is 3. The van der Waals surface area contributed by atoms with E-state index < -0.39 is 0 Å². The molecule has 1 aliphatic rings. The van der Waals surface area contributed by atoms with Crippen molar-refractivity contribution in [3.63, 3.8) is 0 Å². The Bertz CT molecular complexity index is 775. The molecule has 3 N–H and O–H groups in total. The van der Waals surface area contributed by atoms with Crippen molar-refractivity contribution in [2.45, 2.75) is 52.0 Å². The minimum atomic E-state index is -0.318. The van der Waals surface area contributed by atoms with Crippen LogP contribution in [0.1, 0.15) is 64.3 Å². The average molecular weight is 340 g/mol. The van der Waals surface area contributed by atoms with Crippen LogP contribution in [0, 0.1) is 13.8 Å². The molecule has 2 amide bonds. The Morgan fingerprint density at radius 1 is 1.12 bits per heavy atom. The molecule has 0 unspecified atom stereocenters. The highest BCUT2D eigenvalue weighted by atomic mass is 16.2. The second kappa shape index (κ2) is 7.51. The van der Waals surface area contributed by atoms with Crippen LogP contribution in [0.15, 0.2) is 24.4 Å². The summed E-state index contributed by atoms with van der Waals surface area (Å²) in [6.45, 7) is 3.68. The first-order valence-electron chi connectivity index (χ1n) is 8.78. The molecule has 1 fully saturated rings. The summed E-state index contributed by atoms with van der Waals surface area (Å²) in [5, 5.41) is 5.95. The van der Waals surface area contributed by atoms with Crippen molar-refractivity contribution in [1.82, 2.24) is 15.3 Å². The number of rotatable bonds is 4. The average Bonchev–Trinajstić information content (AvgIpc) is 3.04. The molecule has 0 spiro atoms. The number of anilines is 1. The van der Waals surface area contributed by atoms with Crippen LogP contribution in [0.25, 0.3) is 0 Å². The first kappa shape index (κ1) is 17.2. The Balaban J connectivity index is 1.72. The summed E-state index contributed by atoms with van der Waals surface area (Å²) in [7, 11) is 0. The standard InChI is InChI=1S/C19H24N4O2/c1-12-11-20-17(21-12)19(25)23-16-10-6-9-15(13(16)2)18(24)22-14-7-4-3-5-8-14/h6,9-11,14H,3-5,7-8H2,1-2H3,(H,20,21)(H,22,24)(H,23,25). The summed E-state index contributed by atoms with van der Waals surface area (Å²) >= 11 is 0. The van der Waals surface area contributed by atoms with Gasteiger partial charge in [0.15, 0.2) is 5.82 Å². The number of nitrogens with one attached hydrogen (secondary N) is 3. The molecular weight excluding hydrogens is 316 g/mol. The zero-order chi connectivity index (χ0) is 17.8. The third-order valence-electron chi connectivity index (χ3n) is 4.68. The van der Waals surface area contributed by atoms with Gasteiger partial charge in [0, 0.05) is 29.2 Å². The van der Waals surface area contributed by atoms with Gasteiger partial charge in [-0.1, -0.05) is 25.3 Å². The van der Waals surface area contributed by atoms with Gasteiger partial charge in [-0.2, -0.15) is 0 Å². The highest BCUT2D eigenvalue weighted by molar-refractivity contribution is 6.04. The third-order valence-corrected chi connectivity index (χ3v) is 4.68. The Kier molecular flexibility index (Phi) is 5.16. The lowest BCUT2D eigenvalue weighted by atomic mass is 9.95. The lowest BCUT2D eigenvalue weighted by Gasteiger charge is -2.23. The maximum Gasteiger partial charge on any atom is 0.291 e. The zero-order valence-corrected chi connectivity index (χ0v) is 14.7. The maximum absolute atomic E-state index is 12.6. The summed E-state index contributed by atoms with van der Waals surface area (Å²) in [5.41, 5.74) is 2.80. The first-order valence-corrected chi connectivity index (χ1v) is 8.78. The van der Waals surface area contributed by atoms with Crippen molar-refractivity contribution < 1.29 is 9.59 Å². The molecule has 0 aliphatic heterocycles. The molecule has 1 heterocycles. The highest BCUT2D eigenvalue weighted by Crippen LogP contribution is 2.22. The predicted octanol–water partition coefficient (Wildman–Crippen LogP) is 3.34. The molecule has 2 aromatic rings. The van der Waals surface area contributed by atoms with E-state index in [0.717, 1.165) is 24.1 Å². The Morgan fingerprint density at radius 2 is 1.88 bits per heavy atom. The quantitative estimate of drug-likeness (QED) is 0.798. The number of carbonyl (C=O) groups is 2. The molecule has 132 valence electrons. The van der Waals surface area contributed by atoms with Crippen LogP contribution in [0.4, 0.5) is 5.69 Å². The van der Waals surface area contributed by atoms with Gasteiger partial charge in [0.25, 0.3) is 11.8 Å². The van der Waals surface area contributed by atoms with Crippen molar-refractivity contribution in [3.05, 3.63) is 47.0 Å². The van der Waals surface area contributed by atoms with Gasteiger partial charge in [0.05, 0.1) is 0 Å². The van der Waals surface area contributed by atoms with Crippen LogP contribution in [-0.2, 0) is 0 Å². The molecule has 25 heavy (non-hydrogen) atoms. The van der Waals surface area contributed by atoms with Crippen molar-refractivity contribution in [2.24, 2.45) is 0 Å². The number of aryl methyl sites for hydroxylation is 1. The van der Waals surface area contributed by atoms with Gasteiger partial charge < -0.3 is 15.6 Å². The van der Waals surface area contributed by atoms with Crippen LogP contribution in [0.2, 0.25) is 0 Å². The van der Waals surface area contributed by atoms with Gasteiger partial charge in [0.1, 0.15) is 0 Å². The third kappa shape index (κ3) is 4.07. The van der Waals surface area contributed by atoms with E-state index in [1.807, 2.05) is 13.8 Å². The van der Waals surface area contributed by atoms with E-state index in [9.17, 15) is 9.59 Å². The van der Waals surface area contributed by atoms with Crippen LogP contribution in [0.3, 0.4) is 0 Å². The van der Waals surface area contributed by atoms with E-state index in [4.69, 9.17) is 0 Å². The van der Waals surface area contributed by atoms with E-state index >= 15 is 0 Å². The smallest absolute Gasteiger partial charge is 0.291 e. The number of nitrogens with zero attached hydrogens (tertiary/aromatic N) is 1. The van der Waals surface area contributed by atoms with Crippen molar-refractivity contribution in [2.75, 3.05) is 5.32 Å². The SMILES string of the molecule is Cc1cnc(C(=O)Nc2cccc(C(=O)NC3CCCCC3)c2C)[nH]1. The first-order chi connectivity index (χ1) is 12.0. The van der Waals surface area contributed by atoms with Crippen LogP contribution >= 0.6 is 0 Å². The minimum Gasteiger partial charge on any atom is -0.349 e. The monoisotopic (exact) mass is 340 g/mol. The molecule has 0 atom stereocenters. The Hall–Kier alpha value is -2.63. The van der Waals surface area contributed by atoms with Gasteiger partial charge in [-0.3, -0.25) is 9.59 Å². The number of aromatic nitrogens is 2. The topological polar surface area (TPSA) is 86.9 Å². The molecule has 3 rings (SSSR count). The summed E-state index contributed by atoms with van der Waals surface area (Å²) in [6, 6.07) is 5.62. The summed E-state index contributed by atoms with van der Waals surface area (Å²) in [6.07, 6.45) is 7.28. The lowest BCUT2D eigenvalue weighted by Crippen LogP contribution is -2.36. The molecule has 1 aromatic carbocycles. The molecule has 1 aliphatic carbocycles. The number of aromatic amines is 1. The molecule has 6 heteroatoms. The van der Waals surface area contributed by atoms with E-state index in [0.29, 0.717) is 11.3 Å². The summed E-state index contributed by atoms with van der Waals surface area (Å²) < 4.78 is 0. The van der Waals surface area contributed by atoms with Crippen LogP contribution in [0.5, 0.6) is 0 Å². The fourth-order valence-electron chi connectivity index (χ4n) is 3.24. The van der Waals surface area contributed by atoms with E-state index in [-0.39, 0.29) is 23.7 Å². The number of H-pyrrole nitrogens is 1. The second-order valence-corrected chi connectivity index (χ2v) is 6.66. The van der Waals surface area contributed by atoms with Crippen LogP contribution < -0.4 is 10.6 Å². The van der Waals surface area contributed by atoms with E-state index in [1.165, 1.54) is 19.3 Å². The summed E-state index contributed by atoms with van der Waals surface area (Å²) in [4.78, 5) is 31.8. The zero-order valence-electron chi connectivity index (χ0n) is 14.7. The van der Waals surface area contributed by atoms with Gasteiger partial charge in [-0.15, -0.1) is 0 Å². The van der Waals surface area contributed by atoms with Gasteiger partial charge >= 0.3 is 0 Å². The predicted molar refractivity (Wildman–Crippen MR) is 96.8 cm³/mol. The van der Waals surface area contributed by atoms with Crippen molar-refractivity contribution in [3.8, 4) is 0 Å². The Morgan fingerprint density at radius 3 is 2.56 bits per heavy atom. The number of imidazole rings is 1. The maximum atomic E-state index is 12.6. The highest BCUT2D eigenvalue weighted by Gasteiger charge is 2.19. The fraction of sp³-hybridized carbons (Fsp3) is 0.421. The summed E-state index contributed by atoms with van der Waals surface area (Å²) in [5.74, 6) is -0.135. The normalized spacial score (nSPS) is 15.0. The molecule has 1 saturated carbocycles. The molecule has 6 nitrogen and oxygen atoms in total. The number of amides is 2. The molecular formula is C19H24N4O2. The van der Waals surface area contributed by atoms with E-state index in [2.05, 4.69) is 20.6 Å². The van der Waals surface area contributed by atoms with Crippen LogP contribution in [-0.4, -0.2) is 27.8 Å². The van der Waals surface area contributed by atoms with Crippen molar-refractivity contribution in [1.29, 1.82) is 0 Å². The number of carbonyl (C=O) groups excluding carboxylic acids is 2. The van der Waals surface area contributed by atoms with Crippen molar-refractivity contribution >= 4 is 17.5 Å².